The van der Waals surface area contributed by atoms with E-state index < -0.39 is 15.9 Å². The van der Waals surface area contributed by atoms with Crippen molar-refractivity contribution in [1.29, 1.82) is 0 Å². The summed E-state index contributed by atoms with van der Waals surface area (Å²) >= 11 is 0. The molecule has 0 atom stereocenters. The number of imidazole rings is 1. The van der Waals surface area contributed by atoms with Gasteiger partial charge in [-0.15, -0.1) is 0 Å². The summed E-state index contributed by atoms with van der Waals surface area (Å²) in [4.78, 5) is 28.5. The maximum atomic E-state index is 13.1. The van der Waals surface area contributed by atoms with E-state index in [9.17, 15) is 18.0 Å². The van der Waals surface area contributed by atoms with Crippen LogP contribution in [0.4, 0.5) is 5.69 Å². The molecule has 198 valence electrons. The first kappa shape index (κ1) is 26.6. The lowest BCUT2D eigenvalue weighted by Crippen LogP contribution is -2.40. The maximum absolute atomic E-state index is 13.1. The summed E-state index contributed by atoms with van der Waals surface area (Å²) in [5, 5.41) is 2.82. The number of hydrogen-bond acceptors (Lipinski definition) is 7. The predicted octanol–water partition coefficient (Wildman–Crippen LogP) is 1.90. The second-order valence-electron chi connectivity index (χ2n) is 8.68. The first-order valence-electron chi connectivity index (χ1n) is 12.2. The van der Waals surface area contributed by atoms with E-state index in [1.807, 2.05) is 11.5 Å². The number of carbonyl (C=O) groups excluding carboxylic acids is 2. The third-order valence-corrected chi connectivity index (χ3v) is 7.82. The number of sulfonamides is 1. The van der Waals surface area contributed by atoms with Gasteiger partial charge >= 0.3 is 0 Å². The fraction of sp³-hybridized carbons (Fsp3) is 0.400. The number of primary amides is 1. The summed E-state index contributed by atoms with van der Waals surface area (Å²) in [7, 11) is -3.64. The fourth-order valence-electron chi connectivity index (χ4n) is 4.19. The van der Waals surface area contributed by atoms with Crippen LogP contribution in [0.2, 0.25) is 0 Å². The van der Waals surface area contributed by atoms with Crippen LogP contribution in [0.3, 0.4) is 0 Å². The van der Waals surface area contributed by atoms with Crippen LogP contribution in [-0.2, 0) is 37.3 Å². The van der Waals surface area contributed by atoms with Gasteiger partial charge in [-0.3, -0.25) is 9.59 Å². The lowest BCUT2D eigenvalue weighted by atomic mass is 10.2. The molecule has 0 bridgehead atoms. The van der Waals surface area contributed by atoms with Gasteiger partial charge in [0.25, 0.3) is 5.91 Å². The standard InChI is InChI=1S/C25H31N5O6S/c1-2-10-30-22-7-6-20(37(33,34)29-11-13-35-14-12-29)16-21(22)28-24(30)8-9-25(32)27-18-4-3-5-19(15-18)36-17-23(26)31/h3-7,15-16H,2,8-14,17H2,1H3,(H2,26,31)(H,27,32). The zero-order valence-corrected chi connectivity index (χ0v) is 21.5. The molecule has 1 aromatic heterocycles. The summed E-state index contributed by atoms with van der Waals surface area (Å²) in [5.74, 6) is 0.337. The molecule has 2 aromatic carbocycles. The zero-order chi connectivity index (χ0) is 26.4. The average molecular weight is 530 g/mol. The summed E-state index contributed by atoms with van der Waals surface area (Å²) in [6.07, 6.45) is 1.42. The Kier molecular flexibility index (Phi) is 8.41. The Morgan fingerprint density at radius 3 is 2.68 bits per heavy atom. The number of nitrogens with two attached hydrogens (primary N) is 1. The Morgan fingerprint density at radius 1 is 1.16 bits per heavy atom. The molecule has 3 aromatic rings. The van der Waals surface area contributed by atoms with Gasteiger partial charge in [0.05, 0.1) is 29.1 Å². The number of nitrogens with zero attached hydrogens (tertiary/aromatic N) is 3. The lowest BCUT2D eigenvalue weighted by Gasteiger charge is -2.26. The number of aryl methyl sites for hydroxylation is 2. The van der Waals surface area contributed by atoms with Crippen molar-refractivity contribution in [2.24, 2.45) is 5.73 Å². The zero-order valence-electron chi connectivity index (χ0n) is 20.7. The smallest absolute Gasteiger partial charge is 0.255 e. The largest absolute Gasteiger partial charge is 0.484 e. The summed E-state index contributed by atoms with van der Waals surface area (Å²) in [6, 6.07) is 11.7. The number of morpholine rings is 1. The molecule has 0 saturated carbocycles. The Hall–Kier alpha value is -3.48. The number of anilines is 1. The Bertz CT molecular complexity index is 1380. The molecular weight excluding hydrogens is 498 g/mol. The summed E-state index contributed by atoms with van der Waals surface area (Å²) < 4.78 is 40.2. The van der Waals surface area contributed by atoms with E-state index in [4.69, 9.17) is 20.2 Å². The van der Waals surface area contributed by atoms with Crippen LogP contribution in [0.15, 0.2) is 47.4 Å². The number of aromatic nitrogens is 2. The van der Waals surface area contributed by atoms with Crippen molar-refractivity contribution in [1.82, 2.24) is 13.9 Å². The van der Waals surface area contributed by atoms with Gasteiger partial charge in [-0.25, -0.2) is 13.4 Å². The molecule has 0 spiro atoms. The number of carbonyl (C=O) groups is 2. The number of hydrogen-bond donors (Lipinski definition) is 2. The van der Waals surface area contributed by atoms with Crippen LogP contribution >= 0.6 is 0 Å². The molecule has 37 heavy (non-hydrogen) atoms. The van der Waals surface area contributed by atoms with Crippen molar-refractivity contribution in [3.05, 3.63) is 48.3 Å². The van der Waals surface area contributed by atoms with E-state index in [1.165, 1.54) is 4.31 Å². The van der Waals surface area contributed by atoms with Crippen LogP contribution in [-0.4, -0.2) is 67.0 Å². The molecular formula is C25H31N5O6S. The number of amides is 2. The number of rotatable bonds is 11. The Morgan fingerprint density at radius 2 is 1.95 bits per heavy atom. The van der Waals surface area contributed by atoms with Gasteiger partial charge in [0.1, 0.15) is 11.6 Å². The van der Waals surface area contributed by atoms with E-state index in [-0.39, 0.29) is 23.8 Å². The monoisotopic (exact) mass is 529 g/mol. The van der Waals surface area contributed by atoms with Crippen LogP contribution in [0, 0.1) is 0 Å². The number of fused-ring (bicyclic) bond motifs is 1. The topological polar surface area (TPSA) is 146 Å². The van der Waals surface area contributed by atoms with Crippen molar-refractivity contribution in [3.8, 4) is 5.75 Å². The molecule has 1 saturated heterocycles. The minimum Gasteiger partial charge on any atom is -0.484 e. The quantitative estimate of drug-likeness (QED) is 0.386. The maximum Gasteiger partial charge on any atom is 0.255 e. The molecule has 11 nitrogen and oxygen atoms in total. The summed E-state index contributed by atoms with van der Waals surface area (Å²) in [6.45, 7) is 3.90. The minimum atomic E-state index is -3.64. The van der Waals surface area contributed by atoms with Gasteiger partial charge in [0.15, 0.2) is 6.61 Å². The van der Waals surface area contributed by atoms with Gasteiger partial charge in [-0.05, 0) is 36.8 Å². The normalized spacial score (nSPS) is 14.5. The van der Waals surface area contributed by atoms with Gasteiger partial charge in [0.2, 0.25) is 15.9 Å². The first-order valence-corrected chi connectivity index (χ1v) is 13.6. The molecule has 2 amide bonds. The Balaban J connectivity index is 1.48. The van der Waals surface area contributed by atoms with Gasteiger partial charge in [-0.1, -0.05) is 13.0 Å². The highest BCUT2D eigenvalue weighted by Crippen LogP contribution is 2.25. The summed E-state index contributed by atoms with van der Waals surface area (Å²) in [5.41, 5.74) is 7.05. The SMILES string of the molecule is CCCn1c(CCC(=O)Nc2cccc(OCC(N)=O)c2)nc2cc(S(=O)(=O)N3CCOCC3)ccc21. The third kappa shape index (κ3) is 6.45. The highest BCUT2D eigenvalue weighted by molar-refractivity contribution is 7.89. The molecule has 0 aliphatic carbocycles. The number of ether oxygens (including phenoxy) is 2. The third-order valence-electron chi connectivity index (χ3n) is 5.93. The van der Waals surface area contributed by atoms with E-state index in [0.29, 0.717) is 62.0 Å². The van der Waals surface area contributed by atoms with Gasteiger partial charge in [0, 0.05) is 44.2 Å². The van der Waals surface area contributed by atoms with E-state index >= 15 is 0 Å². The molecule has 1 aliphatic rings. The van der Waals surface area contributed by atoms with Crippen molar-refractivity contribution in [2.45, 2.75) is 37.6 Å². The van der Waals surface area contributed by atoms with Crippen LogP contribution < -0.4 is 15.8 Å². The van der Waals surface area contributed by atoms with Crippen LogP contribution in [0.25, 0.3) is 11.0 Å². The van der Waals surface area contributed by atoms with E-state index in [0.717, 1.165) is 11.9 Å². The fourth-order valence-corrected chi connectivity index (χ4v) is 5.62. The second-order valence-corrected chi connectivity index (χ2v) is 10.6. The van der Waals surface area contributed by atoms with Crippen molar-refractivity contribution in [3.63, 3.8) is 0 Å². The molecule has 12 heteroatoms. The number of benzene rings is 2. The van der Waals surface area contributed by atoms with Crippen molar-refractivity contribution < 1.29 is 27.5 Å². The van der Waals surface area contributed by atoms with Crippen LogP contribution in [0.1, 0.15) is 25.6 Å². The van der Waals surface area contributed by atoms with Crippen LogP contribution in [0.5, 0.6) is 5.75 Å². The first-order chi connectivity index (χ1) is 17.8. The number of nitrogens with one attached hydrogen (secondary N) is 1. The molecule has 0 radical (unpaired) electrons. The minimum absolute atomic E-state index is 0.179. The second kappa shape index (κ2) is 11.7. The van der Waals surface area contributed by atoms with Crippen molar-refractivity contribution >= 4 is 38.6 Å². The van der Waals surface area contributed by atoms with E-state index in [1.54, 1.807) is 42.5 Å². The highest BCUT2D eigenvalue weighted by atomic mass is 32.2. The molecule has 2 heterocycles. The molecule has 4 rings (SSSR count). The van der Waals surface area contributed by atoms with Crippen molar-refractivity contribution in [2.75, 3.05) is 38.2 Å². The molecule has 1 aliphatic heterocycles. The van der Waals surface area contributed by atoms with Gasteiger partial charge < -0.3 is 25.1 Å². The van der Waals surface area contributed by atoms with E-state index in [2.05, 4.69) is 5.32 Å². The molecule has 3 N–H and O–H groups in total. The average Bonchev–Trinajstić information content (AvgIpc) is 3.24. The predicted molar refractivity (Wildman–Crippen MR) is 138 cm³/mol. The highest BCUT2D eigenvalue weighted by Gasteiger charge is 2.27. The van der Waals surface area contributed by atoms with Gasteiger partial charge in [-0.2, -0.15) is 4.31 Å². The molecule has 0 unspecified atom stereocenters. The lowest BCUT2D eigenvalue weighted by molar-refractivity contribution is -0.120. The Labute approximate surface area is 215 Å². The molecule has 1 fully saturated rings.